The van der Waals surface area contributed by atoms with Crippen LogP contribution in [0, 0.1) is 5.92 Å². The highest BCUT2D eigenvalue weighted by Crippen LogP contribution is 2.24. The first-order valence-corrected chi connectivity index (χ1v) is 10.4. The third-order valence-corrected chi connectivity index (χ3v) is 5.08. The molecule has 0 bridgehead atoms. The van der Waals surface area contributed by atoms with E-state index in [1.165, 1.54) is 6.92 Å². The molecule has 9 N–H and O–H groups in total. The van der Waals surface area contributed by atoms with Gasteiger partial charge in [0.15, 0.2) is 6.29 Å². The highest BCUT2D eigenvalue weighted by molar-refractivity contribution is 5.91. The van der Waals surface area contributed by atoms with Crippen LogP contribution in [0.15, 0.2) is 0 Å². The Morgan fingerprint density at radius 3 is 2.18 bits per heavy atom. The molecule has 8 atom stereocenters. The Hall–Kier alpha value is -2.36. The van der Waals surface area contributed by atoms with Gasteiger partial charge in [0.05, 0.1) is 18.8 Å². The first kappa shape index (κ1) is 28.7. The quantitative estimate of drug-likeness (QED) is 0.143. The fraction of sp³-hybridized carbons (Fsp3) is 0.789. The molecule has 1 aliphatic rings. The van der Waals surface area contributed by atoms with Crippen LogP contribution < -0.4 is 21.7 Å². The smallest absolute Gasteiger partial charge is 0.322 e. The maximum absolute atomic E-state index is 12.6. The van der Waals surface area contributed by atoms with Crippen molar-refractivity contribution in [1.82, 2.24) is 16.0 Å². The van der Waals surface area contributed by atoms with Crippen molar-refractivity contribution in [2.45, 2.75) is 76.5 Å². The second-order valence-corrected chi connectivity index (χ2v) is 8.14. The summed E-state index contributed by atoms with van der Waals surface area (Å²) >= 11 is 0. The van der Waals surface area contributed by atoms with E-state index in [2.05, 4.69) is 16.0 Å². The summed E-state index contributed by atoms with van der Waals surface area (Å²) in [5.74, 6) is -3.74. The summed E-state index contributed by atoms with van der Waals surface area (Å²) in [6.07, 6.45) is -7.01. The maximum Gasteiger partial charge on any atom is 0.322 e. The van der Waals surface area contributed by atoms with E-state index in [9.17, 15) is 34.5 Å². The van der Waals surface area contributed by atoms with Gasteiger partial charge in [0.25, 0.3) is 0 Å². The van der Waals surface area contributed by atoms with E-state index in [1.54, 1.807) is 13.8 Å². The molecule has 0 spiro atoms. The van der Waals surface area contributed by atoms with Gasteiger partial charge in [0.1, 0.15) is 36.9 Å². The van der Waals surface area contributed by atoms with Crippen molar-refractivity contribution in [3.8, 4) is 0 Å². The van der Waals surface area contributed by atoms with E-state index in [0.717, 1.165) is 6.92 Å². The molecule has 0 aromatic heterocycles. The lowest BCUT2D eigenvalue weighted by Crippen LogP contribution is -2.66. The molecular formula is C19H34N4O10. The van der Waals surface area contributed by atoms with Gasteiger partial charge >= 0.3 is 5.97 Å². The summed E-state index contributed by atoms with van der Waals surface area (Å²) in [7, 11) is 0. The average molecular weight is 478 g/mol. The fourth-order valence-electron chi connectivity index (χ4n) is 3.10. The lowest BCUT2D eigenvalue weighted by molar-refractivity contribution is -0.281. The molecule has 1 rings (SSSR count). The second-order valence-electron chi connectivity index (χ2n) is 8.14. The monoisotopic (exact) mass is 478 g/mol. The van der Waals surface area contributed by atoms with Crippen LogP contribution >= 0.6 is 0 Å². The molecule has 3 amide bonds. The molecule has 0 aromatic carbocycles. The number of aliphatic hydroxyl groups is 3. The molecule has 0 aromatic rings. The number of carbonyl (C=O) groups is 4. The van der Waals surface area contributed by atoms with Gasteiger partial charge in [-0.15, -0.1) is 0 Å². The van der Waals surface area contributed by atoms with Crippen molar-refractivity contribution in [3.05, 3.63) is 0 Å². The van der Waals surface area contributed by atoms with Crippen molar-refractivity contribution < 1.29 is 49.1 Å². The van der Waals surface area contributed by atoms with Crippen molar-refractivity contribution in [2.24, 2.45) is 11.7 Å². The number of hydrogen-bond donors (Lipinski definition) is 8. The number of carboxylic acids is 1. The minimum absolute atomic E-state index is 0.267. The highest BCUT2D eigenvalue weighted by atomic mass is 16.7. The second kappa shape index (κ2) is 12.8. The minimum Gasteiger partial charge on any atom is -0.480 e. The molecule has 190 valence electrons. The third-order valence-electron chi connectivity index (χ3n) is 5.08. The molecule has 1 saturated heterocycles. The van der Waals surface area contributed by atoms with Crippen molar-refractivity contribution in [2.75, 3.05) is 13.2 Å². The largest absolute Gasteiger partial charge is 0.480 e. The van der Waals surface area contributed by atoms with Gasteiger partial charge in [-0.05, 0) is 12.8 Å². The Balaban J connectivity index is 3.12. The number of carbonyl (C=O) groups excluding carboxylic acids is 3. The van der Waals surface area contributed by atoms with Gasteiger partial charge in [-0.2, -0.15) is 0 Å². The van der Waals surface area contributed by atoms with Gasteiger partial charge in [0.2, 0.25) is 17.7 Å². The van der Waals surface area contributed by atoms with Gasteiger partial charge in [0, 0.05) is 6.92 Å². The molecule has 1 aliphatic heterocycles. The standard InChI is InChI=1S/C19H34N4O10/c1-7(2)12(20)17(30)23-13(18(31)21-5-11(26)27)8(3)32-19-14(22-9(4)25)16(29)15(28)10(6-24)33-19/h7-8,10,12-16,19,24,28-29H,5-6,20H2,1-4H3,(H,21,31)(H,22,25)(H,23,30)(H,26,27)/t8-,10-,12+,13+,14-,15+,16-,19+/m1/s1. The number of amides is 3. The zero-order valence-corrected chi connectivity index (χ0v) is 18.9. The summed E-state index contributed by atoms with van der Waals surface area (Å²) < 4.78 is 11.2. The van der Waals surface area contributed by atoms with Crippen LogP contribution in [-0.4, -0.2) is 106 Å². The lowest BCUT2D eigenvalue weighted by Gasteiger charge is -2.43. The van der Waals surface area contributed by atoms with Gasteiger partial charge < -0.3 is 51.6 Å². The lowest BCUT2D eigenvalue weighted by atomic mass is 9.96. The Bertz CT molecular complexity index is 706. The Labute approximate surface area is 190 Å². The molecule has 1 fully saturated rings. The number of ether oxygens (including phenoxy) is 2. The molecule has 14 nitrogen and oxygen atoms in total. The van der Waals surface area contributed by atoms with Crippen LogP contribution in [0.5, 0.6) is 0 Å². The number of nitrogens with one attached hydrogen (secondary N) is 3. The summed E-state index contributed by atoms with van der Waals surface area (Å²) in [5.41, 5.74) is 5.82. The molecule has 1 heterocycles. The van der Waals surface area contributed by atoms with E-state index in [4.69, 9.17) is 20.3 Å². The highest BCUT2D eigenvalue weighted by Gasteiger charge is 2.46. The molecule has 0 aliphatic carbocycles. The van der Waals surface area contributed by atoms with Gasteiger partial charge in [-0.25, -0.2) is 0 Å². The first-order chi connectivity index (χ1) is 15.3. The summed E-state index contributed by atoms with van der Waals surface area (Å²) in [6.45, 7) is 4.51. The third kappa shape index (κ3) is 8.17. The number of hydrogen-bond acceptors (Lipinski definition) is 10. The zero-order valence-electron chi connectivity index (χ0n) is 18.9. The Morgan fingerprint density at radius 1 is 1.09 bits per heavy atom. The molecule has 0 saturated carbocycles. The fourth-order valence-corrected chi connectivity index (χ4v) is 3.10. The van der Waals surface area contributed by atoms with Crippen molar-refractivity contribution in [1.29, 1.82) is 0 Å². The van der Waals surface area contributed by atoms with E-state index in [1.807, 2.05) is 0 Å². The Morgan fingerprint density at radius 2 is 1.70 bits per heavy atom. The van der Waals surface area contributed by atoms with E-state index in [0.29, 0.717) is 0 Å². The predicted molar refractivity (Wildman–Crippen MR) is 111 cm³/mol. The van der Waals surface area contributed by atoms with Crippen LogP contribution in [0.3, 0.4) is 0 Å². The molecule has 0 unspecified atom stereocenters. The number of aliphatic carboxylic acids is 1. The predicted octanol–water partition coefficient (Wildman–Crippen LogP) is -4.00. The Kier molecular flexibility index (Phi) is 11.1. The summed E-state index contributed by atoms with van der Waals surface area (Å²) in [5, 5.41) is 45.6. The normalized spacial score (nSPS) is 27.8. The number of aliphatic hydroxyl groups excluding tert-OH is 3. The van der Waals surface area contributed by atoms with Crippen LogP contribution in [-0.2, 0) is 28.7 Å². The summed E-state index contributed by atoms with van der Waals surface area (Å²) in [6, 6.07) is -3.68. The molecule has 0 radical (unpaired) electrons. The van der Waals surface area contributed by atoms with E-state index >= 15 is 0 Å². The van der Waals surface area contributed by atoms with Crippen LogP contribution in [0.25, 0.3) is 0 Å². The minimum atomic E-state index is -1.58. The molecular weight excluding hydrogens is 444 g/mol. The molecule has 14 heteroatoms. The number of rotatable bonds is 11. The zero-order chi connectivity index (χ0) is 25.5. The van der Waals surface area contributed by atoms with Gasteiger partial charge in [-0.3, -0.25) is 19.2 Å². The maximum atomic E-state index is 12.6. The number of carboxylic acid groups (broad SMARTS) is 1. The molecule has 33 heavy (non-hydrogen) atoms. The number of nitrogens with two attached hydrogens (primary N) is 1. The van der Waals surface area contributed by atoms with Crippen molar-refractivity contribution in [3.63, 3.8) is 0 Å². The van der Waals surface area contributed by atoms with Gasteiger partial charge in [-0.1, -0.05) is 13.8 Å². The van der Waals surface area contributed by atoms with Crippen LogP contribution in [0.4, 0.5) is 0 Å². The topological polar surface area (TPSA) is 230 Å². The van der Waals surface area contributed by atoms with E-state index < -0.39 is 85.7 Å². The SMILES string of the molecule is CC(=O)N[C@H]1[C@@H](O[C@H](C)[C@H](NC(=O)[C@@H](N)C(C)C)C(=O)NCC(=O)O)O[C@H](CO)[C@H](O)[C@@H]1O. The average Bonchev–Trinajstić information content (AvgIpc) is 2.73. The summed E-state index contributed by atoms with van der Waals surface area (Å²) in [4.78, 5) is 47.5. The first-order valence-electron chi connectivity index (χ1n) is 10.4. The van der Waals surface area contributed by atoms with E-state index in [-0.39, 0.29) is 5.92 Å². The van der Waals surface area contributed by atoms with Crippen molar-refractivity contribution >= 4 is 23.7 Å². The van der Waals surface area contributed by atoms with Crippen LogP contribution in [0.1, 0.15) is 27.7 Å². The van der Waals surface area contributed by atoms with Crippen LogP contribution in [0.2, 0.25) is 0 Å².